The van der Waals surface area contributed by atoms with Crippen LogP contribution in [0, 0.1) is 0 Å². The molecule has 1 nitrogen and oxygen atoms in total. The lowest BCUT2D eigenvalue weighted by atomic mass is 9.94. The Morgan fingerprint density at radius 2 is 1.85 bits per heavy atom. The van der Waals surface area contributed by atoms with Gasteiger partial charge in [-0.15, -0.1) is 0 Å². The fourth-order valence-electron chi connectivity index (χ4n) is 3.27. The molecule has 0 saturated carbocycles. The highest BCUT2D eigenvalue weighted by Gasteiger charge is 2.22. The van der Waals surface area contributed by atoms with E-state index in [2.05, 4.69) is 60.6 Å². The van der Waals surface area contributed by atoms with Gasteiger partial charge in [-0.1, -0.05) is 36.9 Å². The van der Waals surface area contributed by atoms with Crippen molar-refractivity contribution in [1.29, 1.82) is 0 Å². The van der Waals surface area contributed by atoms with Crippen LogP contribution in [0.4, 0.5) is 0 Å². The molecule has 0 saturated heterocycles. The highest BCUT2D eigenvalue weighted by molar-refractivity contribution is 5.70. The summed E-state index contributed by atoms with van der Waals surface area (Å²) in [6.07, 6.45) is 11.3. The maximum Gasteiger partial charge on any atom is 0.0528 e. The minimum Gasteiger partial charge on any atom is -0.313 e. The third kappa shape index (κ3) is 2.03. The van der Waals surface area contributed by atoms with Gasteiger partial charge >= 0.3 is 0 Å². The zero-order valence-electron chi connectivity index (χ0n) is 12.1. The smallest absolute Gasteiger partial charge is 0.0528 e. The van der Waals surface area contributed by atoms with Crippen molar-refractivity contribution in [3.05, 3.63) is 65.5 Å². The van der Waals surface area contributed by atoms with E-state index < -0.39 is 0 Å². The van der Waals surface area contributed by atoms with Crippen LogP contribution >= 0.6 is 0 Å². The molecule has 1 heteroatoms. The van der Waals surface area contributed by atoms with Crippen molar-refractivity contribution >= 4 is 12.2 Å². The fourth-order valence-corrected chi connectivity index (χ4v) is 3.27. The van der Waals surface area contributed by atoms with Gasteiger partial charge in [-0.25, -0.2) is 0 Å². The highest BCUT2D eigenvalue weighted by atomic mass is 15.0. The average Bonchev–Trinajstić information content (AvgIpc) is 2.82. The van der Waals surface area contributed by atoms with Crippen molar-refractivity contribution < 1.29 is 0 Å². The molecule has 1 aromatic heterocycles. The number of para-hydroxylation sites is 1. The Morgan fingerprint density at radius 3 is 2.55 bits per heavy atom. The van der Waals surface area contributed by atoms with Crippen molar-refractivity contribution in [3.63, 3.8) is 0 Å². The van der Waals surface area contributed by atoms with Gasteiger partial charge in [0.1, 0.15) is 0 Å². The Bertz CT molecular complexity index is 644. The van der Waals surface area contributed by atoms with Crippen LogP contribution in [0.15, 0.2) is 43.0 Å². The van der Waals surface area contributed by atoms with E-state index in [0.717, 1.165) is 0 Å². The monoisotopic (exact) mass is 263 g/mol. The predicted molar refractivity (Wildman–Crippen MR) is 87.2 cm³/mol. The molecule has 0 N–H and O–H groups in total. The van der Waals surface area contributed by atoms with E-state index in [1.165, 1.54) is 53.9 Å². The first kappa shape index (κ1) is 13.0. The maximum atomic E-state index is 4.05. The van der Waals surface area contributed by atoms with E-state index in [1.54, 1.807) is 0 Å². The normalized spacial score (nSPS) is 14.4. The number of hydrogen-bond acceptors (Lipinski definition) is 0. The van der Waals surface area contributed by atoms with Gasteiger partial charge in [-0.3, -0.25) is 0 Å². The zero-order chi connectivity index (χ0) is 13.9. The van der Waals surface area contributed by atoms with Crippen molar-refractivity contribution in [2.75, 3.05) is 0 Å². The molecular weight excluding hydrogens is 242 g/mol. The van der Waals surface area contributed by atoms with Crippen LogP contribution in [0.3, 0.4) is 0 Å². The van der Waals surface area contributed by atoms with Gasteiger partial charge < -0.3 is 4.57 Å². The second-order valence-electron chi connectivity index (χ2n) is 5.31. The first-order chi connectivity index (χ1) is 9.86. The Balaban J connectivity index is 2.30. The Labute approximate surface area is 121 Å². The van der Waals surface area contributed by atoms with Gasteiger partial charge in [0.15, 0.2) is 0 Å². The molecule has 1 aromatic carbocycles. The van der Waals surface area contributed by atoms with Crippen molar-refractivity contribution in [2.45, 2.75) is 32.6 Å². The summed E-state index contributed by atoms with van der Waals surface area (Å²) in [5.74, 6) is 0. The number of allylic oxidation sites excluding steroid dienone is 1. The Morgan fingerprint density at radius 1 is 1.10 bits per heavy atom. The SMILES string of the molecule is C=Cc1c(/C=C\C)c2c(n1-c1ccccc1)CCCC2. The standard InChI is InChI=1S/C19H21N/c1-3-10-16-17-13-8-9-14-19(17)20(18(16)4-2)15-11-6-5-7-12-15/h3-7,10-12H,2,8-9,13-14H2,1H3/b10-3-. The van der Waals surface area contributed by atoms with Crippen LogP contribution in [0.2, 0.25) is 0 Å². The summed E-state index contributed by atoms with van der Waals surface area (Å²) >= 11 is 0. The topological polar surface area (TPSA) is 4.93 Å². The zero-order valence-corrected chi connectivity index (χ0v) is 12.1. The molecule has 102 valence electrons. The lowest BCUT2D eigenvalue weighted by molar-refractivity contribution is 0.662. The number of rotatable bonds is 3. The van der Waals surface area contributed by atoms with E-state index >= 15 is 0 Å². The molecule has 0 unspecified atom stereocenters. The molecule has 0 atom stereocenters. The highest BCUT2D eigenvalue weighted by Crippen LogP contribution is 2.34. The first-order valence-corrected chi connectivity index (χ1v) is 7.43. The van der Waals surface area contributed by atoms with Crippen LogP contribution < -0.4 is 0 Å². The minimum atomic E-state index is 1.17. The minimum absolute atomic E-state index is 1.17. The van der Waals surface area contributed by atoms with Crippen LogP contribution in [0.25, 0.3) is 17.8 Å². The summed E-state index contributed by atoms with van der Waals surface area (Å²) in [5, 5.41) is 0. The van der Waals surface area contributed by atoms with Gasteiger partial charge in [0.2, 0.25) is 0 Å². The molecule has 2 aromatic rings. The molecule has 1 aliphatic carbocycles. The number of benzene rings is 1. The van der Waals surface area contributed by atoms with E-state index in [0.29, 0.717) is 0 Å². The van der Waals surface area contributed by atoms with Gasteiger partial charge in [0, 0.05) is 16.9 Å². The maximum absolute atomic E-state index is 4.05. The third-order valence-corrected chi connectivity index (χ3v) is 4.09. The second kappa shape index (κ2) is 5.54. The van der Waals surface area contributed by atoms with Crippen LogP contribution in [0.5, 0.6) is 0 Å². The van der Waals surface area contributed by atoms with Crippen LogP contribution in [-0.4, -0.2) is 4.57 Å². The molecule has 3 rings (SSSR count). The van der Waals surface area contributed by atoms with Crippen LogP contribution in [0.1, 0.15) is 42.3 Å². The number of aromatic nitrogens is 1. The van der Waals surface area contributed by atoms with E-state index in [1.807, 2.05) is 6.08 Å². The van der Waals surface area contributed by atoms with Gasteiger partial charge in [0.25, 0.3) is 0 Å². The summed E-state index contributed by atoms with van der Waals surface area (Å²) in [4.78, 5) is 0. The summed E-state index contributed by atoms with van der Waals surface area (Å²) in [6.45, 7) is 6.13. The quantitative estimate of drug-likeness (QED) is 0.731. The number of hydrogen-bond donors (Lipinski definition) is 0. The summed E-state index contributed by atoms with van der Waals surface area (Å²) in [5.41, 5.74) is 6.84. The van der Waals surface area contributed by atoms with Gasteiger partial charge in [-0.05, 0) is 56.4 Å². The van der Waals surface area contributed by atoms with Gasteiger partial charge in [-0.2, -0.15) is 0 Å². The lowest BCUT2D eigenvalue weighted by Gasteiger charge is -2.16. The summed E-state index contributed by atoms with van der Waals surface area (Å²) < 4.78 is 2.40. The number of fused-ring (bicyclic) bond motifs is 1. The van der Waals surface area contributed by atoms with Crippen LogP contribution in [-0.2, 0) is 12.8 Å². The molecule has 0 bridgehead atoms. The molecule has 0 spiro atoms. The Hall–Kier alpha value is -2.02. The summed E-state index contributed by atoms with van der Waals surface area (Å²) in [6, 6.07) is 10.6. The average molecular weight is 263 g/mol. The molecule has 0 radical (unpaired) electrons. The van der Waals surface area contributed by atoms with E-state index in [9.17, 15) is 0 Å². The van der Waals surface area contributed by atoms with E-state index in [4.69, 9.17) is 0 Å². The fraction of sp³-hybridized carbons (Fsp3) is 0.263. The second-order valence-corrected chi connectivity index (χ2v) is 5.31. The van der Waals surface area contributed by atoms with E-state index in [-0.39, 0.29) is 0 Å². The van der Waals surface area contributed by atoms with Crippen molar-refractivity contribution in [2.24, 2.45) is 0 Å². The van der Waals surface area contributed by atoms with Crippen molar-refractivity contribution in [1.82, 2.24) is 4.57 Å². The molecule has 20 heavy (non-hydrogen) atoms. The first-order valence-electron chi connectivity index (χ1n) is 7.43. The lowest BCUT2D eigenvalue weighted by Crippen LogP contribution is -2.07. The molecule has 0 fully saturated rings. The number of nitrogens with zero attached hydrogens (tertiary/aromatic N) is 1. The Kier molecular flexibility index (Phi) is 3.60. The molecule has 0 aliphatic heterocycles. The van der Waals surface area contributed by atoms with Crippen molar-refractivity contribution in [3.8, 4) is 5.69 Å². The predicted octanol–water partition coefficient (Wildman–Crippen LogP) is 5.03. The third-order valence-electron chi connectivity index (χ3n) is 4.09. The largest absolute Gasteiger partial charge is 0.313 e. The summed E-state index contributed by atoms with van der Waals surface area (Å²) in [7, 11) is 0. The molecule has 1 aliphatic rings. The molecule has 0 amide bonds. The molecule has 1 heterocycles. The molecular formula is C19H21N. The van der Waals surface area contributed by atoms with Gasteiger partial charge in [0.05, 0.1) is 5.69 Å².